The Hall–Kier alpha value is -1.89. The standard InChI is InChI=1S/C10H15N7/c11-10-13-8-7(6-12-15-8)9(14-10)16-17-4-2-1-3-5-17/h6H,1-5H2,(H4,11,12,13,14,15,16). The van der Waals surface area contributed by atoms with Gasteiger partial charge in [-0.25, -0.2) is 5.01 Å². The monoisotopic (exact) mass is 233 g/mol. The van der Waals surface area contributed by atoms with Crippen LogP contribution < -0.4 is 11.2 Å². The smallest absolute Gasteiger partial charge is 0.224 e. The average molecular weight is 233 g/mol. The molecule has 3 rings (SSSR count). The van der Waals surface area contributed by atoms with Crippen LogP contribution in [0.4, 0.5) is 11.8 Å². The number of nitrogens with two attached hydrogens (primary N) is 1. The zero-order chi connectivity index (χ0) is 11.7. The molecule has 3 heterocycles. The first-order valence-electron chi connectivity index (χ1n) is 5.81. The van der Waals surface area contributed by atoms with E-state index in [1.807, 2.05) is 0 Å². The summed E-state index contributed by atoms with van der Waals surface area (Å²) < 4.78 is 0. The van der Waals surface area contributed by atoms with Crippen LogP contribution in [0.2, 0.25) is 0 Å². The maximum absolute atomic E-state index is 5.66. The van der Waals surface area contributed by atoms with E-state index in [1.54, 1.807) is 6.20 Å². The van der Waals surface area contributed by atoms with Gasteiger partial charge in [-0.15, -0.1) is 0 Å². The number of piperidine rings is 1. The number of aromatic nitrogens is 4. The number of nitrogen functional groups attached to an aromatic ring is 1. The Labute approximate surface area is 98.4 Å². The van der Waals surface area contributed by atoms with E-state index in [9.17, 15) is 0 Å². The maximum Gasteiger partial charge on any atom is 0.224 e. The number of hydrazine groups is 1. The molecule has 0 bridgehead atoms. The van der Waals surface area contributed by atoms with Crippen molar-refractivity contribution < 1.29 is 0 Å². The normalized spacial score (nSPS) is 17.4. The second-order valence-corrected chi connectivity index (χ2v) is 4.22. The first kappa shape index (κ1) is 10.3. The third-order valence-electron chi connectivity index (χ3n) is 2.95. The SMILES string of the molecule is Nc1nc(NN2CCCCC2)c2cn[nH]c2n1. The lowest BCUT2D eigenvalue weighted by molar-refractivity contribution is 0.272. The number of nitrogens with zero attached hydrogens (tertiary/aromatic N) is 4. The number of nitrogens with one attached hydrogen (secondary N) is 2. The summed E-state index contributed by atoms with van der Waals surface area (Å²) in [7, 11) is 0. The maximum atomic E-state index is 5.66. The summed E-state index contributed by atoms with van der Waals surface area (Å²) in [4.78, 5) is 8.30. The van der Waals surface area contributed by atoms with Gasteiger partial charge in [-0.05, 0) is 12.8 Å². The Morgan fingerprint density at radius 2 is 2.06 bits per heavy atom. The molecule has 90 valence electrons. The summed E-state index contributed by atoms with van der Waals surface area (Å²) >= 11 is 0. The van der Waals surface area contributed by atoms with Gasteiger partial charge < -0.3 is 11.2 Å². The molecule has 1 aliphatic rings. The first-order valence-corrected chi connectivity index (χ1v) is 5.81. The summed E-state index contributed by atoms with van der Waals surface area (Å²) in [6.07, 6.45) is 5.43. The van der Waals surface area contributed by atoms with Gasteiger partial charge in [0.05, 0.1) is 11.6 Å². The summed E-state index contributed by atoms with van der Waals surface area (Å²) in [5.41, 5.74) is 9.62. The van der Waals surface area contributed by atoms with E-state index < -0.39 is 0 Å². The molecule has 2 aromatic rings. The van der Waals surface area contributed by atoms with Crippen LogP contribution in [-0.4, -0.2) is 38.3 Å². The average Bonchev–Trinajstić information content (AvgIpc) is 2.78. The van der Waals surface area contributed by atoms with Crippen LogP contribution in [0.3, 0.4) is 0 Å². The van der Waals surface area contributed by atoms with Gasteiger partial charge in [-0.1, -0.05) is 6.42 Å². The first-order chi connectivity index (χ1) is 8.33. The Bertz CT molecular complexity index is 514. The summed E-state index contributed by atoms with van der Waals surface area (Å²) in [6, 6.07) is 0. The van der Waals surface area contributed by atoms with Crippen LogP contribution in [0.25, 0.3) is 11.0 Å². The predicted molar refractivity (Wildman–Crippen MR) is 65.1 cm³/mol. The Balaban J connectivity index is 1.90. The van der Waals surface area contributed by atoms with Crippen LogP contribution in [0, 0.1) is 0 Å². The Morgan fingerprint density at radius 1 is 1.24 bits per heavy atom. The van der Waals surface area contributed by atoms with Gasteiger partial charge >= 0.3 is 0 Å². The minimum atomic E-state index is 0.251. The molecule has 0 radical (unpaired) electrons. The fraction of sp³-hybridized carbons (Fsp3) is 0.500. The Kier molecular flexibility index (Phi) is 2.52. The lowest BCUT2D eigenvalue weighted by Crippen LogP contribution is -2.35. The zero-order valence-electron chi connectivity index (χ0n) is 9.48. The van der Waals surface area contributed by atoms with E-state index in [2.05, 4.69) is 30.6 Å². The molecule has 0 atom stereocenters. The Morgan fingerprint density at radius 3 is 2.88 bits per heavy atom. The zero-order valence-corrected chi connectivity index (χ0v) is 9.48. The van der Waals surface area contributed by atoms with Crippen molar-refractivity contribution in [1.29, 1.82) is 0 Å². The van der Waals surface area contributed by atoms with E-state index in [0.29, 0.717) is 5.65 Å². The number of anilines is 2. The van der Waals surface area contributed by atoms with Crippen LogP contribution in [0.5, 0.6) is 0 Å². The number of fused-ring (bicyclic) bond motifs is 1. The molecular formula is C10H15N7. The van der Waals surface area contributed by atoms with Crippen molar-refractivity contribution in [1.82, 2.24) is 25.2 Å². The molecule has 0 aromatic carbocycles. The third-order valence-corrected chi connectivity index (χ3v) is 2.95. The van der Waals surface area contributed by atoms with Gasteiger partial charge in [-0.3, -0.25) is 5.10 Å². The number of H-pyrrole nitrogens is 1. The van der Waals surface area contributed by atoms with Crippen LogP contribution in [-0.2, 0) is 0 Å². The summed E-state index contributed by atoms with van der Waals surface area (Å²) in [6.45, 7) is 2.06. The highest BCUT2D eigenvalue weighted by molar-refractivity contribution is 5.86. The highest BCUT2D eigenvalue weighted by atomic mass is 15.5. The highest BCUT2D eigenvalue weighted by Gasteiger charge is 2.13. The molecule has 2 aromatic heterocycles. The van der Waals surface area contributed by atoms with E-state index >= 15 is 0 Å². The molecule has 1 aliphatic heterocycles. The van der Waals surface area contributed by atoms with Gasteiger partial charge in [0.15, 0.2) is 11.5 Å². The summed E-state index contributed by atoms with van der Waals surface area (Å²) in [5, 5.41) is 9.78. The minimum Gasteiger partial charge on any atom is -0.368 e. The topological polar surface area (TPSA) is 95.7 Å². The second-order valence-electron chi connectivity index (χ2n) is 4.22. The van der Waals surface area contributed by atoms with E-state index in [0.717, 1.165) is 24.3 Å². The molecule has 0 spiro atoms. The van der Waals surface area contributed by atoms with Crippen molar-refractivity contribution >= 4 is 22.8 Å². The predicted octanol–water partition coefficient (Wildman–Crippen LogP) is 0.748. The molecule has 7 nitrogen and oxygen atoms in total. The number of aromatic amines is 1. The molecule has 17 heavy (non-hydrogen) atoms. The second kappa shape index (κ2) is 4.17. The largest absolute Gasteiger partial charge is 0.368 e. The van der Waals surface area contributed by atoms with Crippen LogP contribution in [0.1, 0.15) is 19.3 Å². The van der Waals surface area contributed by atoms with E-state index in [1.165, 1.54) is 19.3 Å². The number of hydrogen-bond donors (Lipinski definition) is 3. The minimum absolute atomic E-state index is 0.251. The molecule has 1 saturated heterocycles. The molecular weight excluding hydrogens is 218 g/mol. The number of rotatable bonds is 2. The van der Waals surface area contributed by atoms with Gasteiger partial charge in [0.1, 0.15) is 0 Å². The number of hydrogen-bond acceptors (Lipinski definition) is 6. The molecule has 4 N–H and O–H groups in total. The van der Waals surface area contributed by atoms with Gasteiger partial charge in [0, 0.05) is 13.1 Å². The molecule has 0 amide bonds. The van der Waals surface area contributed by atoms with E-state index in [4.69, 9.17) is 5.73 Å². The lowest BCUT2D eigenvalue weighted by Gasteiger charge is -2.27. The van der Waals surface area contributed by atoms with Gasteiger partial charge in [-0.2, -0.15) is 15.1 Å². The lowest BCUT2D eigenvalue weighted by atomic mass is 10.2. The highest BCUT2D eigenvalue weighted by Crippen LogP contribution is 2.20. The fourth-order valence-corrected chi connectivity index (χ4v) is 2.09. The summed E-state index contributed by atoms with van der Waals surface area (Å²) in [5.74, 6) is 0.976. The molecule has 0 saturated carbocycles. The van der Waals surface area contributed by atoms with Crippen LogP contribution >= 0.6 is 0 Å². The van der Waals surface area contributed by atoms with Crippen molar-refractivity contribution in [3.05, 3.63) is 6.20 Å². The molecule has 0 unspecified atom stereocenters. The molecule has 1 fully saturated rings. The molecule has 0 aliphatic carbocycles. The van der Waals surface area contributed by atoms with Gasteiger partial charge in [0.25, 0.3) is 0 Å². The van der Waals surface area contributed by atoms with Crippen molar-refractivity contribution in [2.24, 2.45) is 0 Å². The van der Waals surface area contributed by atoms with E-state index in [-0.39, 0.29) is 5.95 Å². The van der Waals surface area contributed by atoms with Crippen molar-refractivity contribution in [2.45, 2.75) is 19.3 Å². The fourth-order valence-electron chi connectivity index (χ4n) is 2.09. The van der Waals surface area contributed by atoms with Crippen molar-refractivity contribution in [3.63, 3.8) is 0 Å². The third kappa shape index (κ3) is 2.01. The quantitative estimate of drug-likeness (QED) is 0.708. The van der Waals surface area contributed by atoms with Crippen molar-refractivity contribution in [3.8, 4) is 0 Å². The molecule has 7 heteroatoms. The van der Waals surface area contributed by atoms with Crippen LogP contribution in [0.15, 0.2) is 6.20 Å². The van der Waals surface area contributed by atoms with Gasteiger partial charge in [0.2, 0.25) is 5.95 Å². The van der Waals surface area contributed by atoms with Crippen molar-refractivity contribution in [2.75, 3.05) is 24.2 Å².